The van der Waals surface area contributed by atoms with E-state index in [0.29, 0.717) is 31.9 Å². The Morgan fingerprint density at radius 3 is 2.23 bits per heavy atom. The van der Waals surface area contributed by atoms with Crippen molar-refractivity contribution in [1.29, 1.82) is 0 Å². The van der Waals surface area contributed by atoms with Gasteiger partial charge in [0.05, 0.1) is 11.8 Å². The van der Waals surface area contributed by atoms with Gasteiger partial charge in [-0.15, -0.1) is 0 Å². The minimum atomic E-state index is -3.00. The van der Waals surface area contributed by atoms with Crippen LogP contribution in [-0.2, 0) is 0 Å². The van der Waals surface area contributed by atoms with Crippen LogP contribution in [0.5, 0.6) is 5.75 Å². The second-order valence-electron chi connectivity index (χ2n) is 5.89. The van der Waals surface area contributed by atoms with E-state index < -0.39 is 12.5 Å². The van der Waals surface area contributed by atoms with Gasteiger partial charge in [0.2, 0.25) is 0 Å². The molecule has 6 nitrogen and oxygen atoms in total. The lowest BCUT2D eigenvalue weighted by Gasteiger charge is -2.34. The third-order valence-electron chi connectivity index (χ3n) is 4.24. The largest absolute Gasteiger partial charge is 0.459 e. The van der Waals surface area contributed by atoms with Crippen LogP contribution in [-0.4, -0.2) is 54.4 Å². The Balaban J connectivity index is 1.66. The number of halogens is 2. The lowest BCUT2D eigenvalue weighted by Crippen LogP contribution is -2.50. The molecule has 26 heavy (non-hydrogen) atoms. The van der Waals surface area contributed by atoms with Gasteiger partial charge in [0.25, 0.3) is 11.8 Å². The highest BCUT2D eigenvalue weighted by Gasteiger charge is 2.28. The van der Waals surface area contributed by atoms with Gasteiger partial charge in [0.15, 0.2) is 5.76 Å². The monoisotopic (exact) mass is 364 g/mol. The maximum absolute atomic E-state index is 12.6. The van der Waals surface area contributed by atoms with Crippen molar-refractivity contribution < 1.29 is 27.5 Å². The van der Waals surface area contributed by atoms with Gasteiger partial charge in [-0.2, -0.15) is 8.78 Å². The zero-order valence-corrected chi connectivity index (χ0v) is 14.2. The van der Waals surface area contributed by atoms with Crippen LogP contribution < -0.4 is 4.74 Å². The first kappa shape index (κ1) is 17.9. The summed E-state index contributed by atoms with van der Waals surface area (Å²) in [5.41, 5.74) is 0.834. The molecule has 1 aromatic heterocycles. The summed E-state index contributed by atoms with van der Waals surface area (Å²) in [7, 11) is 0. The lowest BCUT2D eigenvalue weighted by atomic mass is 10.1. The number of hydrogen-bond acceptors (Lipinski definition) is 4. The molecule has 1 fully saturated rings. The molecule has 138 valence electrons. The van der Waals surface area contributed by atoms with E-state index in [4.69, 9.17) is 4.42 Å². The average Bonchev–Trinajstić information content (AvgIpc) is 3.06. The fourth-order valence-corrected chi connectivity index (χ4v) is 2.86. The predicted octanol–water partition coefficient (Wildman–Crippen LogP) is 2.79. The van der Waals surface area contributed by atoms with Gasteiger partial charge in [-0.1, -0.05) is 12.1 Å². The van der Waals surface area contributed by atoms with Crippen molar-refractivity contribution in [2.24, 2.45) is 0 Å². The summed E-state index contributed by atoms with van der Waals surface area (Å²) in [6.45, 7) is 0.0532. The number of hydrogen-bond donors (Lipinski definition) is 0. The fourth-order valence-electron chi connectivity index (χ4n) is 2.86. The number of rotatable bonds is 4. The summed E-state index contributed by atoms with van der Waals surface area (Å²) in [6.07, 6.45) is 1.46. The number of alkyl halides is 2. The number of furan rings is 1. The quantitative estimate of drug-likeness (QED) is 0.837. The van der Waals surface area contributed by atoms with Crippen molar-refractivity contribution in [3.8, 4) is 5.75 Å². The molecule has 1 aromatic carbocycles. The molecule has 2 amide bonds. The van der Waals surface area contributed by atoms with Crippen molar-refractivity contribution in [3.63, 3.8) is 0 Å². The zero-order chi connectivity index (χ0) is 18.7. The van der Waals surface area contributed by atoms with Crippen LogP contribution in [0.3, 0.4) is 0 Å². The Hall–Kier alpha value is -2.90. The van der Waals surface area contributed by atoms with E-state index in [1.165, 1.54) is 29.4 Å². The number of carbonyl (C=O) groups excluding carboxylic acids is 2. The highest BCUT2D eigenvalue weighted by Crippen LogP contribution is 2.23. The van der Waals surface area contributed by atoms with E-state index in [1.807, 2.05) is 0 Å². The van der Waals surface area contributed by atoms with E-state index >= 15 is 0 Å². The minimum Gasteiger partial charge on any atom is -0.459 e. The number of aryl methyl sites for hydroxylation is 1. The molecule has 2 heterocycles. The van der Waals surface area contributed by atoms with E-state index in [0.717, 1.165) is 5.56 Å². The fraction of sp³-hybridized carbons (Fsp3) is 0.333. The first-order valence-corrected chi connectivity index (χ1v) is 8.14. The van der Waals surface area contributed by atoms with E-state index in [2.05, 4.69) is 4.74 Å². The molecule has 0 saturated carbocycles. The molecule has 1 aliphatic rings. The van der Waals surface area contributed by atoms with Crippen molar-refractivity contribution >= 4 is 11.8 Å². The van der Waals surface area contributed by atoms with Gasteiger partial charge in [-0.05, 0) is 25.1 Å². The Morgan fingerprint density at radius 2 is 1.65 bits per heavy atom. The van der Waals surface area contributed by atoms with E-state index in [-0.39, 0.29) is 17.2 Å². The maximum atomic E-state index is 12.6. The van der Waals surface area contributed by atoms with Gasteiger partial charge in [-0.3, -0.25) is 9.59 Å². The highest BCUT2D eigenvalue weighted by molar-refractivity contribution is 5.97. The lowest BCUT2D eigenvalue weighted by molar-refractivity contribution is -0.0503. The molecule has 1 saturated heterocycles. The summed E-state index contributed by atoms with van der Waals surface area (Å²) in [5.74, 6) is -0.485. The van der Waals surface area contributed by atoms with Crippen LogP contribution in [0.25, 0.3) is 0 Å². The Morgan fingerprint density at radius 1 is 1.04 bits per heavy atom. The number of amides is 2. The summed E-state index contributed by atoms with van der Waals surface area (Å²) in [4.78, 5) is 28.2. The Kier molecular flexibility index (Phi) is 5.20. The van der Waals surface area contributed by atoms with Crippen LogP contribution in [0.4, 0.5) is 8.78 Å². The maximum Gasteiger partial charge on any atom is 0.387 e. The van der Waals surface area contributed by atoms with Gasteiger partial charge < -0.3 is 19.0 Å². The SMILES string of the molecule is Cc1ccoc1C(=O)N1CCN(C(=O)c2ccccc2OC(F)F)CC1. The molecule has 0 bridgehead atoms. The third-order valence-corrected chi connectivity index (χ3v) is 4.24. The van der Waals surface area contributed by atoms with Crippen LogP contribution in [0.1, 0.15) is 26.5 Å². The molecule has 0 N–H and O–H groups in total. The molecular formula is C18H18F2N2O4. The molecule has 0 spiro atoms. The summed E-state index contributed by atoms with van der Waals surface area (Å²) < 4.78 is 34.7. The number of nitrogens with zero attached hydrogens (tertiary/aromatic N) is 2. The first-order valence-electron chi connectivity index (χ1n) is 8.14. The van der Waals surface area contributed by atoms with Gasteiger partial charge in [0, 0.05) is 31.7 Å². The summed E-state index contributed by atoms with van der Waals surface area (Å²) in [6, 6.07) is 7.61. The van der Waals surface area contributed by atoms with Crippen molar-refractivity contribution in [1.82, 2.24) is 9.80 Å². The normalized spacial score (nSPS) is 14.6. The van der Waals surface area contributed by atoms with Crippen molar-refractivity contribution in [2.75, 3.05) is 26.2 Å². The number of benzene rings is 1. The molecule has 3 rings (SSSR count). The Bertz CT molecular complexity index is 798. The van der Waals surface area contributed by atoms with Crippen LogP contribution >= 0.6 is 0 Å². The smallest absolute Gasteiger partial charge is 0.387 e. The van der Waals surface area contributed by atoms with Gasteiger partial charge >= 0.3 is 6.61 Å². The number of para-hydroxylation sites is 1. The van der Waals surface area contributed by atoms with Crippen LogP contribution in [0, 0.1) is 6.92 Å². The molecule has 0 radical (unpaired) electrons. The molecule has 1 aliphatic heterocycles. The second kappa shape index (κ2) is 7.55. The molecule has 8 heteroatoms. The molecule has 0 atom stereocenters. The van der Waals surface area contributed by atoms with E-state index in [9.17, 15) is 18.4 Å². The first-order chi connectivity index (χ1) is 12.5. The molecule has 0 unspecified atom stereocenters. The van der Waals surface area contributed by atoms with Crippen LogP contribution in [0.2, 0.25) is 0 Å². The third kappa shape index (κ3) is 3.68. The minimum absolute atomic E-state index is 0.0782. The summed E-state index contributed by atoms with van der Waals surface area (Å²) >= 11 is 0. The van der Waals surface area contributed by atoms with Crippen molar-refractivity contribution in [2.45, 2.75) is 13.5 Å². The number of carbonyl (C=O) groups is 2. The molecular weight excluding hydrogens is 346 g/mol. The number of ether oxygens (including phenoxy) is 1. The second-order valence-corrected chi connectivity index (χ2v) is 5.89. The van der Waals surface area contributed by atoms with E-state index in [1.54, 1.807) is 24.0 Å². The molecule has 0 aliphatic carbocycles. The standard InChI is InChI=1S/C18H18F2N2O4/c1-12-6-11-25-15(12)17(24)22-9-7-21(8-10-22)16(23)13-4-2-3-5-14(13)26-18(19)20/h2-6,11,18H,7-10H2,1H3. The highest BCUT2D eigenvalue weighted by atomic mass is 19.3. The summed E-state index contributed by atoms with van der Waals surface area (Å²) in [5, 5.41) is 0. The topological polar surface area (TPSA) is 63.0 Å². The molecule has 2 aromatic rings. The van der Waals surface area contributed by atoms with Gasteiger partial charge in [0.1, 0.15) is 5.75 Å². The number of piperazine rings is 1. The zero-order valence-electron chi connectivity index (χ0n) is 14.2. The predicted molar refractivity (Wildman–Crippen MR) is 88.3 cm³/mol. The van der Waals surface area contributed by atoms with Gasteiger partial charge in [-0.25, -0.2) is 0 Å². The Labute approximate surface area is 148 Å². The average molecular weight is 364 g/mol. The van der Waals surface area contributed by atoms with Crippen LogP contribution in [0.15, 0.2) is 41.0 Å². The van der Waals surface area contributed by atoms with Crippen molar-refractivity contribution in [3.05, 3.63) is 53.5 Å².